The molecule has 0 aliphatic carbocycles. The molecule has 2 nitrogen and oxygen atoms in total. The smallest absolute Gasteiger partial charge is 0.167 e. The fourth-order valence-corrected chi connectivity index (χ4v) is 2.64. The Labute approximate surface area is 148 Å². The summed E-state index contributed by atoms with van der Waals surface area (Å²) < 4.78 is 5.99. The molecule has 0 aliphatic rings. The maximum absolute atomic E-state index is 12.3. The predicted molar refractivity (Wildman–Crippen MR) is 101 cm³/mol. The average molecular weight is 328 g/mol. The van der Waals surface area contributed by atoms with E-state index >= 15 is 0 Å². The lowest BCUT2D eigenvalue weighted by Gasteiger charge is -2.16. The summed E-state index contributed by atoms with van der Waals surface area (Å²) in [5.74, 6) is 0.868. The first-order valence-corrected chi connectivity index (χ1v) is 8.27. The number of Topliss-reactive ketones (excluding diaryl/α,β-unsaturated/α-hetero) is 1. The van der Waals surface area contributed by atoms with E-state index < -0.39 is 0 Å². The van der Waals surface area contributed by atoms with Crippen molar-refractivity contribution in [2.24, 2.45) is 0 Å². The van der Waals surface area contributed by atoms with Gasteiger partial charge in [0.05, 0.1) is 0 Å². The van der Waals surface area contributed by atoms with Crippen LogP contribution in [0.4, 0.5) is 0 Å². The molecule has 25 heavy (non-hydrogen) atoms. The maximum Gasteiger partial charge on any atom is 0.167 e. The van der Waals surface area contributed by atoms with E-state index in [1.54, 1.807) is 6.08 Å². The molecule has 0 spiro atoms. The Morgan fingerprint density at radius 3 is 2.08 bits per heavy atom. The van der Waals surface area contributed by atoms with Crippen molar-refractivity contribution in [1.82, 2.24) is 0 Å². The number of carbonyl (C=O) groups excluding carboxylic acids is 1. The van der Waals surface area contributed by atoms with Crippen molar-refractivity contribution < 1.29 is 9.53 Å². The molecule has 0 aromatic heterocycles. The van der Waals surface area contributed by atoms with Gasteiger partial charge in [0.15, 0.2) is 5.78 Å². The molecular weight excluding hydrogens is 308 g/mol. The van der Waals surface area contributed by atoms with Gasteiger partial charge in [-0.25, -0.2) is 0 Å². The zero-order valence-electron chi connectivity index (χ0n) is 14.0. The Morgan fingerprint density at radius 2 is 1.48 bits per heavy atom. The Hall–Kier alpha value is -3.13. The lowest BCUT2D eigenvalue weighted by Crippen LogP contribution is -2.05. The second-order valence-corrected chi connectivity index (χ2v) is 5.79. The van der Waals surface area contributed by atoms with Gasteiger partial charge in [-0.1, -0.05) is 79.4 Å². The summed E-state index contributed by atoms with van der Waals surface area (Å²) in [5.41, 5.74) is 2.76. The number of benzene rings is 3. The average Bonchev–Trinajstić information content (AvgIpc) is 2.68. The number of hydrogen-bond donors (Lipinski definition) is 0. The minimum absolute atomic E-state index is 0.113. The second kappa shape index (κ2) is 8.11. The molecule has 0 radical (unpaired) electrons. The van der Waals surface area contributed by atoms with Crippen LogP contribution >= 0.6 is 0 Å². The molecule has 3 aromatic rings. The summed E-state index contributed by atoms with van der Waals surface area (Å²) in [6, 6.07) is 27.0. The third kappa shape index (κ3) is 4.45. The van der Waals surface area contributed by atoms with E-state index in [0.29, 0.717) is 6.42 Å². The summed E-state index contributed by atoms with van der Waals surface area (Å²) >= 11 is 0. The van der Waals surface area contributed by atoms with Crippen molar-refractivity contribution >= 4 is 5.78 Å². The summed E-state index contributed by atoms with van der Waals surface area (Å²) in [7, 11) is 0. The van der Waals surface area contributed by atoms with Gasteiger partial charge in [0.2, 0.25) is 0 Å². The summed E-state index contributed by atoms with van der Waals surface area (Å²) in [5, 5.41) is 0. The van der Waals surface area contributed by atoms with Crippen LogP contribution in [0.25, 0.3) is 0 Å². The van der Waals surface area contributed by atoms with Gasteiger partial charge in [0, 0.05) is 12.0 Å². The molecule has 3 aromatic carbocycles. The van der Waals surface area contributed by atoms with Crippen LogP contribution in [0.2, 0.25) is 0 Å². The Kier molecular flexibility index (Phi) is 5.43. The van der Waals surface area contributed by atoms with Crippen LogP contribution in [0.1, 0.15) is 27.6 Å². The predicted octanol–water partition coefficient (Wildman–Crippen LogP) is 5.42. The van der Waals surface area contributed by atoms with Crippen molar-refractivity contribution in [3.63, 3.8) is 0 Å². The minimum atomic E-state index is -0.196. The highest BCUT2D eigenvalue weighted by Gasteiger charge is 2.10. The van der Waals surface area contributed by atoms with Crippen LogP contribution in [0.5, 0.6) is 5.75 Å². The van der Waals surface area contributed by atoms with E-state index in [9.17, 15) is 4.79 Å². The largest absolute Gasteiger partial charge is 0.482 e. The molecule has 0 saturated heterocycles. The van der Waals surface area contributed by atoms with Gasteiger partial charge in [-0.05, 0) is 29.3 Å². The quantitative estimate of drug-likeness (QED) is 0.428. The van der Waals surface area contributed by atoms with Crippen LogP contribution < -0.4 is 4.74 Å². The first-order valence-electron chi connectivity index (χ1n) is 8.27. The number of carbonyl (C=O) groups is 1. The highest BCUT2D eigenvalue weighted by molar-refractivity contribution is 5.97. The molecule has 0 saturated carbocycles. The van der Waals surface area contributed by atoms with Crippen molar-refractivity contribution in [2.75, 3.05) is 0 Å². The van der Waals surface area contributed by atoms with Crippen LogP contribution in [0, 0.1) is 0 Å². The van der Waals surface area contributed by atoms with Gasteiger partial charge in [-0.15, -0.1) is 0 Å². The van der Waals surface area contributed by atoms with Gasteiger partial charge < -0.3 is 4.74 Å². The fourth-order valence-electron chi connectivity index (χ4n) is 2.64. The van der Waals surface area contributed by atoms with Crippen molar-refractivity contribution in [1.29, 1.82) is 0 Å². The number of hydrogen-bond acceptors (Lipinski definition) is 2. The molecule has 0 amide bonds. The summed E-state index contributed by atoms with van der Waals surface area (Å²) in [6.45, 7) is 3.85. The molecule has 1 atom stereocenters. The fraction of sp³-hybridized carbons (Fsp3) is 0.0870. The molecule has 0 aliphatic heterocycles. The highest BCUT2D eigenvalue weighted by atomic mass is 16.5. The van der Waals surface area contributed by atoms with Gasteiger partial charge in [-0.2, -0.15) is 0 Å². The van der Waals surface area contributed by atoms with E-state index in [0.717, 1.165) is 22.4 Å². The summed E-state index contributed by atoms with van der Waals surface area (Å²) in [4.78, 5) is 12.3. The second-order valence-electron chi connectivity index (χ2n) is 5.79. The van der Waals surface area contributed by atoms with Crippen LogP contribution in [0.3, 0.4) is 0 Å². The van der Waals surface area contributed by atoms with E-state index in [1.165, 1.54) is 0 Å². The SMILES string of the molecule is C=CC(Oc1ccc(CC(=O)c2ccccc2)cc1)c1ccccc1. The van der Waals surface area contributed by atoms with Crippen molar-refractivity contribution in [3.8, 4) is 5.75 Å². The third-order valence-corrected chi connectivity index (χ3v) is 3.99. The lowest BCUT2D eigenvalue weighted by molar-refractivity contribution is 0.0993. The molecule has 2 heteroatoms. The van der Waals surface area contributed by atoms with E-state index in [-0.39, 0.29) is 11.9 Å². The summed E-state index contributed by atoms with van der Waals surface area (Å²) in [6.07, 6.45) is 1.97. The van der Waals surface area contributed by atoms with Crippen LogP contribution in [0.15, 0.2) is 97.6 Å². The topological polar surface area (TPSA) is 26.3 Å². The van der Waals surface area contributed by atoms with Crippen molar-refractivity contribution in [2.45, 2.75) is 12.5 Å². The molecular formula is C23H20O2. The highest BCUT2D eigenvalue weighted by Crippen LogP contribution is 2.23. The molecule has 0 bridgehead atoms. The molecule has 0 heterocycles. The first-order chi connectivity index (χ1) is 12.3. The van der Waals surface area contributed by atoms with Gasteiger partial charge in [0.1, 0.15) is 11.9 Å². The lowest BCUT2D eigenvalue weighted by atomic mass is 10.0. The number of ketones is 1. The molecule has 1 unspecified atom stereocenters. The Bertz CT molecular complexity index is 821. The van der Waals surface area contributed by atoms with Gasteiger partial charge >= 0.3 is 0 Å². The van der Waals surface area contributed by atoms with Crippen LogP contribution in [-0.4, -0.2) is 5.78 Å². The zero-order chi connectivity index (χ0) is 17.5. The minimum Gasteiger partial charge on any atom is -0.482 e. The Balaban J connectivity index is 1.66. The van der Waals surface area contributed by atoms with Crippen molar-refractivity contribution in [3.05, 3.63) is 114 Å². The monoisotopic (exact) mass is 328 g/mol. The van der Waals surface area contributed by atoms with Gasteiger partial charge in [0.25, 0.3) is 0 Å². The normalized spacial score (nSPS) is 11.5. The van der Waals surface area contributed by atoms with E-state index in [4.69, 9.17) is 4.74 Å². The Morgan fingerprint density at radius 1 is 0.880 bits per heavy atom. The molecule has 0 N–H and O–H groups in total. The van der Waals surface area contributed by atoms with Crippen LogP contribution in [-0.2, 0) is 6.42 Å². The third-order valence-electron chi connectivity index (χ3n) is 3.99. The number of ether oxygens (including phenoxy) is 1. The zero-order valence-corrected chi connectivity index (χ0v) is 14.0. The molecule has 3 rings (SSSR count). The van der Waals surface area contributed by atoms with Gasteiger partial charge in [-0.3, -0.25) is 4.79 Å². The molecule has 0 fully saturated rings. The maximum atomic E-state index is 12.3. The number of rotatable bonds is 7. The van der Waals surface area contributed by atoms with E-state index in [1.807, 2.05) is 84.9 Å². The van der Waals surface area contributed by atoms with E-state index in [2.05, 4.69) is 6.58 Å². The molecule has 124 valence electrons. The first kappa shape index (κ1) is 16.7. The standard InChI is InChI=1S/C23H20O2/c1-2-23(20-11-7-4-8-12-20)25-21-15-13-18(14-16-21)17-22(24)19-9-5-3-6-10-19/h2-16,23H,1,17H2.